The molecule has 18 heavy (non-hydrogen) atoms. The molecule has 0 radical (unpaired) electrons. The van der Waals surface area contributed by atoms with Crippen LogP contribution in [0.2, 0.25) is 0 Å². The van der Waals surface area contributed by atoms with E-state index >= 15 is 0 Å². The highest BCUT2D eigenvalue weighted by Crippen LogP contribution is 2.23. The van der Waals surface area contributed by atoms with Crippen LogP contribution in [0.4, 0.5) is 0 Å². The predicted molar refractivity (Wildman–Crippen MR) is 77.9 cm³/mol. The first-order chi connectivity index (χ1) is 8.58. The molecule has 1 saturated heterocycles. The van der Waals surface area contributed by atoms with Crippen LogP contribution in [0.25, 0.3) is 0 Å². The molecule has 2 rings (SSSR count). The monoisotopic (exact) mass is 309 g/mol. The predicted octanol–water partition coefficient (Wildman–Crippen LogP) is 3.75. The zero-order valence-corrected chi connectivity index (χ0v) is 12.6. The molecule has 1 fully saturated rings. The topological polar surface area (TPSA) is 20.3 Å². The van der Waals surface area contributed by atoms with Crippen molar-refractivity contribution < 1.29 is 4.79 Å². The van der Waals surface area contributed by atoms with Crippen LogP contribution >= 0.6 is 15.9 Å². The maximum atomic E-state index is 12.2. The van der Waals surface area contributed by atoms with Crippen LogP contribution in [0, 0.1) is 5.92 Å². The summed E-state index contributed by atoms with van der Waals surface area (Å²) >= 11 is 3.39. The molecule has 0 N–H and O–H groups in total. The minimum atomic E-state index is 0.225. The minimum Gasteiger partial charge on any atom is -0.293 e. The first kappa shape index (κ1) is 13.8. The van der Waals surface area contributed by atoms with Crippen LogP contribution in [0.15, 0.2) is 28.7 Å². The molecule has 1 aliphatic heterocycles. The van der Waals surface area contributed by atoms with Gasteiger partial charge in [-0.05, 0) is 44.4 Å². The summed E-state index contributed by atoms with van der Waals surface area (Å²) in [6, 6.07) is 8.15. The number of benzene rings is 1. The van der Waals surface area contributed by atoms with Gasteiger partial charge in [0.2, 0.25) is 0 Å². The van der Waals surface area contributed by atoms with E-state index in [1.807, 2.05) is 24.3 Å². The standard InChI is InChI=1S/C15H20BrNO/c1-11-4-3-9-17(12(11)2)10-15(18)13-5-7-14(16)8-6-13/h5-8,11-12H,3-4,9-10H2,1-2H3. The molecule has 1 aromatic carbocycles. The van der Waals surface area contributed by atoms with Gasteiger partial charge in [-0.1, -0.05) is 35.0 Å². The summed E-state index contributed by atoms with van der Waals surface area (Å²) in [7, 11) is 0. The molecule has 2 unspecified atom stereocenters. The molecular weight excluding hydrogens is 290 g/mol. The molecule has 0 spiro atoms. The molecule has 2 nitrogen and oxygen atoms in total. The maximum absolute atomic E-state index is 12.2. The minimum absolute atomic E-state index is 0.225. The fraction of sp³-hybridized carbons (Fsp3) is 0.533. The number of nitrogens with zero attached hydrogens (tertiary/aromatic N) is 1. The zero-order chi connectivity index (χ0) is 13.1. The van der Waals surface area contributed by atoms with Crippen molar-refractivity contribution in [2.24, 2.45) is 5.92 Å². The summed E-state index contributed by atoms with van der Waals surface area (Å²) in [6.07, 6.45) is 2.49. The molecule has 0 saturated carbocycles. The Morgan fingerprint density at radius 3 is 2.67 bits per heavy atom. The second-order valence-corrected chi connectivity index (χ2v) is 6.18. The van der Waals surface area contributed by atoms with Gasteiger partial charge in [-0.25, -0.2) is 0 Å². The number of halogens is 1. The number of carbonyl (C=O) groups excluding carboxylic acids is 1. The number of hydrogen-bond donors (Lipinski definition) is 0. The fourth-order valence-corrected chi connectivity index (χ4v) is 2.82. The molecule has 2 atom stereocenters. The van der Waals surface area contributed by atoms with Gasteiger partial charge in [0.25, 0.3) is 0 Å². The average molecular weight is 310 g/mol. The molecular formula is C15H20BrNO. The third kappa shape index (κ3) is 3.21. The van der Waals surface area contributed by atoms with Gasteiger partial charge in [-0.15, -0.1) is 0 Å². The summed E-state index contributed by atoms with van der Waals surface area (Å²) < 4.78 is 1.01. The first-order valence-corrected chi connectivity index (χ1v) is 7.40. The van der Waals surface area contributed by atoms with Crippen molar-refractivity contribution in [2.75, 3.05) is 13.1 Å². The Bertz CT molecular complexity index is 415. The van der Waals surface area contributed by atoms with Gasteiger partial charge < -0.3 is 0 Å². The van der Waals surface area contributed by atoms with E-state index in [1.54, 1.807) is 0 Å². The number of carbonyl (C=O) groups is 1. The van der Waals surface area contributed by atoms with E-state index in [2.05, 4.69) is 34.7 Å². The summed E-state index contributed by atoms with van der Waals surface area (Å²) in [5.41, 5.74) is 0.809. The summed E-state index contributed by atoms with van der Waals surface area (Å²) in [5, 5.41) is 0. The van der Waals surface area contributed by atoms with Crippen molar-refractivity contribution in [3.8, 4) is 0 Å². The smallest absolute Gasteiger partial charge is 0.176 e. The van der Waals surface area contributed by atoms with Gasteiger partial charge >= 0.3 is 0 Å². The van der Waals surface area contributed by atoms with Crippen LogP contribution < -0.4 is 0 Å². The van der Waals surface area contributed by atoms with E-state index in [4.69, 9.17) is 0 Å². The number of likely N-dealkylation sites (tertiary alicyclic amines) is 1. The van der Waals surface area contributed by atoms with E-state index < -0.39 is 0 Å². The van der Waals surface area contributed by atoms with Crippen molar-refractivity contribution in [3.05, 3.63) is 34.3 Å². The third-order valence-electron chi connectivity index (χ3n) is 4.02. The number of hydrogen-bond acceptors (Lipinski definition) is 2. The van der Waals surface area contributed by atoms with E-state index in [0.29, 0.717) is 18.5 Å². The van der Waals surface area contributed by atoms with Crippen LogP contribution in [0.3, 0.4) is 0 Å². The van der Waals surface area contributed by atoms with Gasteiger partial charge in [0, 0.05) is 16.1 Å². The van der Waals surface area contributed by atoms with Crippen LogP contribution in [0.5, 0.6) is 0 Å². The Morgan fingerprint density at radius 2 is 2.00 bits per heavy atom. The lowest BCUT2D eigenvalue weighted by molar-refractivity contribution is 0.0779. The molecule has 3 heteroatoms. The van der Waals surface area contributed by atoms with Crippen LogP contribution in [-0.2, 0) is 0 Å². The van der Waals surface area contributed by atoms with Crippen molar-refractivity contribution in [1.82, 2.24) is 4.90 Å². The van der Waals surface area contributed by atoms with Crippen molar-refractivity contribution in [1.29, 1.82) is 0 Å². The van der Waals surface area contributed by atoms with E-state index in [1.165, 1.54) is 12.8 Å². The molecule has 0 amide bonds. The lowest BCUT2D eigenvalue weighted by Gasteiger charge is -2.37. The quantitative estimate of drug-likeness (QED) is 0.793. The first-order valence-electron chi connectivity index (χ1n) is 6.60. The summed E-state index contributed by atoms with van der Waals surface area (Å²) in [6.45, 7) is 6.11. The Hall–Kier alpha value is -0.670. The molecule has 1 aromatic rings. The van der Waals surface area contributed by atoms with Gasteiger partial charge in [0.05, 0.1) is 6.54 Å². The average Bonchev–Trinajstić information content (AvgIpc) is 2.36. The Kier molecular flexibility index (Phi) is 4.57. The van der Waals surface area contributed by atoms with E-state index in [-0.39, 0.29) is 5.78 Å². The highest BCUT2D eigenvalue weighted by Gasteiger charge is 2.26. The number of piperidine rings is 1. The number of rotatable bonds is 3. The zero-order valence-electron chi connectivity index (χ0n) is 11.0. The van der Waals surface area contributed by atoms with E-state index in [9.17, 15) is 4.79 Å². The van der Waals surface area contributed by atoms with Gasteiger partial charge in [0.1, 0.15) is 0 Å². The molecule has 0 bridgehead atoms. The molecule has 0 aliphatic carbocycles. The second kappa shape index (κ2) is 5.98. The van der Waals surface area contributed by atoms with Gasteiger partial charge in [-0.2, -0.15) is 0 Å². The Labute approximate surface area is 117 Å². The second-order valence-electron chi connectivity index (χ2n) is 5.26. The molecule has 98 valence electrons. The van der Waals surface area contributed by atoms with Crippen molar-refractivity contribution in [3.63, 3.8) is 0 Å². The van der Waals surface area contributed by atoms with Gasteiger partial charge in [-0.3, -0.25) is 9.69 Å². The van der Waals surface area contributed by atoms with Gasteiger partial charge in [0.15, 0.2) is 5.78 Å². The van der Waals surface area contributed by atoms with Crippen LogP contribution in [-0.4, -0.2) is 29.8 Å². The normalized spacial score (nSPS) is 25.1. The van der Waals surface area contributed by atoms with Crippen molar-refractivity contribution in [2.45, 2.75) is 32.7 Å². The highest BCUT2D eigenvalue weighted by atomic mass is 79.9. The highest BCUT2D eigenvalue weighted by molar-refractivity contribution is 9.10. The lowest BCUT2D eigenvalue weighted by Crippen LogP contribution is -2.44. The maximum Gasteiger partial charge on any atom is 0.176 e. The third-order valence-corrected chi connectivity index (χ3v) is 4.55. The summed E-state index contributed by atoms with van der Waals surface area (Å²) in [4.78, 5) is 14.5. The van der Waals surface area contributed by atoms with E-state index in [0.717, 1.165) is 16.6 Å². The molecule has 0 aromatic heterocycles. The largest absolute Gasteiger partial charge is 0.293 e. The molecule has 1 aliphatic rings. The van der Waals surface area contributed by atoms with Crippen LogP contribution in [0.1, 0.15) is 37.0 Å². The Morgan fingerprint density at radius 1 is 1.33 bits per heavy atom. The number of ketones is 1. The van der Waals surface area contributed by atoms with Crippen molar-refractivity contribution >= 4 is 21.7 Å². The molecule has 1 heterocycles. The fourth-order valence-electron chi connectivity index (χ4n) is 2.56. The Balaban J connectivity index is 2.00. The number of Topliss-reactive ketones (excluding diaryl/α,β-unsaturated/α-hetero) is 1. The summed E-state index contributed by atoms with van der Waals surface area (Å²) in [5.74, 6) is 0.917. The lowest BCUT2D eigenvalue weighted by atomic mass is 9.91. The SMILES string of the molecule is CC1CCCN(CC(=O)c2ccc(Br)cc2)C1C.